The number of amides is 1. The molecule has 1 amide bonds. The largest absolute Gasteiger partial charge is 0.330 e. The van der Waals surface area contributed by atoms with E-state index < -0.39 is 4.92 Å². The molecule has 0 aliphatic carbocycles. The first-order valence-corrected chi connectivity index (χ1v) is 5.66. The van der Waals surface area contributed by atoms with Crippen LogP contribution in [0.3, 0.4) is 0 Å². The third-order valence-corrected chi connectivity index (χ3v) is 2.53. The fourth-order valence-electron chi connectivity index (χ4n) is 1.46. The lowest BCUT2D eigenvalue weighted by atomic mass is 10.1. The van der Waals surface area contributed by atoms with E-state index in [1.165, 1.54) is 12.1 Å². The average Bonchev–Trinajstić information content (AvgIpc) is 2.38. The minimum atomic E-state index is -0.636. The molecule has 19 heavy (non-hydrogen) atoms. The second-order valence-electron chi connectivity index (χ2n) is 4.19. The Bertz CT molecular complexity index is 536. The number of hydrogen-bond acceptors (Lipinski definition) is 5. The molecule has 7 heteroatoms. The van der Waals surface area contributed by atoms with Crippen LogP contribution in [0.1, 0.15) is 18.9 Å². The van der Waals surface area contributed by atoms with Crippen molar-refractivity contribution < 1.29 is 9.72 Å². The van der Waals surface area contributed by atoms with E-state index in [1.54, 1.807) is 0 Å². The normalized spacial score (nSPS) is 11.4. The minimum absolute atomic E-state index is 0.00237. The third-order valence-electron chi connectivity index (χ3n) is 2.53. The smallest absolute Gasteiger partial charge is 0.294 e. The molecular weight excluding hydrogens is 248 g/mol. The molecule has 1 atom stereocenters. The van der Waals surface area contributed by atoms with Crippen molar-refractivity contribution in [3.05, 3.63) is 33.9 Å². The first-order valence-electron chi connectivity index (χ1n) is 5.66. The lowest BCUT2D eigenvalue weighted by Gasteiger charge is -2.09. The van der Waals surface area contributed by atoms with Crippen molar-refractivity contribution in [2.24, 2.45) is 11.7 Å². The fraction of sp³-hybridized carbons (Fsp3) is 0.333. The molecule has 0 fully saturated rings. The van der Waals surface area contributed by atoms with Crippen molar-refractivity contribution in [3.63, 3.8) is 0 Å². The van der Waals surface area contributed by atoms with Gasteiger partial charge in [-0.25, -0.2) is 0 Å². The van der Waals surface area contributed by atoms with Crippen molar-refractivity contribution in [2.45, 2.75) is 13.3 Å². The molecule has 1 aromatic rings. The molecule has 0 aliphatic heterocycles. The Morgan fingerprint density at radius 1 is 1.63 bits per heavy atom. The number of carbonyl (C=O) groups is 1. The monoisotopic (exact) mass is 262 g/mol. The number of rotatable bonds is 5. The van der Waals surface area contributed by atoms with Crippen molar-refractivity contribution in [1.82, 2.24) is 0 Å². The summed E-state index contributed by atoms with van der Waals surface area (Å²) >= 11 is 0. The van der Waals surface area contributed by atoms with Gasteiger partial charge in [0.25, 0.3) is 5.69 Å². The molecule has 1 unspecified atom stereocenters. The molecule has 0 saturated heterocycles. The van der Waals surface area contributed by atoms with Gasteiger partial charge in [-0.2, -0.15) is 5.26 Å². The quantitative estimate of drug-likeness (QED) is 0.613. The van der Waals surface area contributed by atoms with Crippen molar-refractivity contribution in [2.75, 3.05) is 11.9 Å². The summed E-state index contributed by atoms with van der Waals surface area (Å²) in [6, 6.07) is 5.70. The van der Waals surface area contributed by atoms with Crippen LogP contribution in [0.15, 0.2) is 18.2 Å². The Hall–Kier alpha value is -2.46. The molecule has 0 aliphatic rings. The summed E-state index contributed by atoms with van der Waals surface area (Å²) in [5.74, 6) is -0.344. The maximum Gasteiger partial charge on any atom is 0.294 e. The highest BCUT2D eigenvalue weighted by Gasteiger charge is 2.17. The molecule has 0 spiro atoms. The summed E-state index contributed by atoms with van der Waals surface area (Å²) in [6.07, 6.45) is 0.188. The van der Waals surface area contributed by atoms with E-state index in [0.29, 0.717) is 6.54 Å². The zero-order valence-corrected chi connectivity index (χ0v) is 10.4. The van der Waals surface area contributed by atoms with E-state index in [0.717, 1.165) is 6.07 Å². The summed E-state index contributed by atoms with van der Waals surface area (Å²) in [5.41, 5.74) is 5.36. The molecule has 100 valence electrons. The van der Waals surface area contributed by atoms with E-state index in [9.17, 15) is 14.9 Å². The fourth-order valence-corrected chi connectivity index (χ4v) is 1.46. The summed E-state index contributed by atoms with van der Waals surface area (Å²) in [6.45, 7) is 2.18. The molecule has 1 rings (SSSR count). The first kappa shape index (κ1) is 14.6. The number of nitro benzene ring substituents is 1. The maximum absolute atomic E-state index is 11.7. The van der Waals surface area contributed by atoms with Crippen molar-refractivity contribution in [3.8, 4) is 6.07 Å². The Kier molecular flexibility index (Phi) is 4.97. The molecule has 3 N–H and O–H groups in total. The molecule has 7 nitrogen and oxygen atoms in total. The average molecular weight is 262 g/mol. The highest BCUT2D eigenvalue weighted by molar-refractivity contribution is 5.93. The zero-order chi connectivity index (χ0) is 14.4. The van der Waals surface area contributed by atoms with Crippen LogP contribution in [0.4, 0.5) is 11.4 Å². The Labute approximate surface area is 110 Å². The second-order valence-corrected chi connectivity index (χ2v) is 4.19. The standard InChI is InChI=1S/C12H14N4O3/c1-8(6-13)4-12(17)15-10-3-2-9(7-14)5-11(10)16(18)19/h2-3,5,8H,4,6,13H2,1H3,(H,15,17). The SMILES string of the molecule is CC(CN)CC(=O)Nc1ccc(C#N)cc1[N+](=O)[O-]. The molecular formula is C12H14N4O3. The van der Waals surface area contributed by atoms with Gasteiger partial charge >= 0.3 is 0 Å². The molecule has 0 bridgehead atoms. The maximum atomic E-state index is 11.7. The Morgan fingerprint density at radius 3 is 2.84 bits per heavy atom. The van der Waals surface area contributed by atoms with Crippen molar-refractivity contribution in [1.29, 1.82) is 5.26 Å². The molecule has 0 saturated carbocycles. The third kappa shape index (κ3) is 4.04. The number of carbonyl (C=O) groups excluding carboxylic acids is 1. The molecule has 1 aromatic carbocycles. The Morgan fingerprint density at radius 2 is 2.32 bits per heavy atom. The number of benzene rings is 1. The minimum Gasteiger partial charge on any atom is -0.330 e. The predicted octanol–water partition coefficient (Wildman–Crippen LogP) is 1.39. The van der Waals surface area contributed by atoms with Gasteiger partial charge in [-0.1, -0.05) is 6.92 Å². The number of anilines is 1. The van der Waals surface area contributed by atoms with Gasteiger partial charge in [-0.05, 0) is 24.6 Å². The predicted molar refractivity (Wildman–Crippen MR) is 69.3 cm³/mol. The number of nitro groups is 1. The van der Waals surface area contributed by atoms with Crippen molar-refractivity contribution >= 4 is 17.3 Å². The Balaban J connectivity index is 2.92. The second kappa shape index (κ2) is 6.47. The zero-order valence-electron chi connectivity index (χ0n) is 10.4. The van der Waals surface area contributed by atoms with Gasteiger partial charge in [0.15, 0.2) is 0 Å². The number of hydrogen-bond donors (Lipinski definition) is 2. The lowest BCUT2D eigenvalue weighted by Crippen LogP contribution is -2.20. The highest BCUT2D eigenvalue weighted by atomic mass is 16.6. The van der Waals surface area contributed by atoms with Crippen LogP contribution in [0.25, 0.3) is 0 Å². The molecule has 0 heterocycles. The van der Waals surface area contributed by atoms with E-state index in [-0.39, 0.29) is 35.2 Å². The van der Waals surface area contributed by atoms with Gasteiger partial charge < -0.3 is 11.1 Å². The van der Waals surface area contributed by atoms with E-state index in [1.807, 2.05) is 13.0 Å². The lowest BCUT2D eigenvalue weighted by molar-refractivity contribution is -0.383. The van der Waals surface area contributed by atoms with Crippen LogP contribution >= 0.6 is 0 Å². The number of nitrogens with zero attached hydrogens (tertiary/aromatic N) is 2. The summed E-state index contributed by atoms with van der Waals surface area (Å²) in [4.78, 5) is 21.9. The summed E-state index contributed by atoms with van der Waals surface area (Å²) < 4.78 is 0. The van der Waals surface area contributed by atoms with Gasteiger partial charge in [-0.15, -0.1) is 0 Å². The molecule has 0 radical (unpaired) electrons. The molecule has 0 aromatic heterocycles. The van der Waals surface area contributed by atoms with Crippen LogP contribution in [-0.2, 0) is 4.79 Å². The van der Waals surface area contributed by atoms with E-state index in [2.05, 4.69) is 5.32 Å². The number of nitrogens with two attached hydrogens (primary N) is 1. The van der Waals surface area contributed by atoms with Gasteiger partial charge in [-0.3, -0.25) is 14.9 Å². The highest BCUT2D eigenvalue weighted by Crippen LogP contribution is 2.25. The van der Waals surface area contributed by atoms with Crippen LogP contribution < -0.4 is 11.1 Å². The van der Waals surface area contributed by atoms with Gasteiger partial charge in [0.2, 0.25) is 5.91 Å². The summed E-state index contributed by atoms with van der Waals surface area (Å²) in [7, 11) is 0. The number of nitriles is 1. The van der Waals surface area contributed by atoms with Crippen LogP contribution in [-0.4, -0.2) is 17.4 Å². The number of nitrogens with one attached hydrogen (secondary N) is 1. The van der Waals surface area contributed by atoms with Crippen LogP contribution in [0, 0.1) is 27.4 Å². The van der Waals surface area contributed by atoms with Crippen LogP contribution in [0.5, 0.6) is 0 Å². The van der Waals surface area contributed by atoms with Crippen LogP contribution in [0.2, 0.25) is 0 Å². The van der Waals surface area contributed by atoms with Gasteiger partial charge in [0.1, 0.15) is 5.69 Å². The summed E-state index contributed by atoms with van der Waals surface area (Å²) in [5, 5.41) is 22.0. The van der Waals surface area contributed by atoms with Gasteiger partial charge in [0.05, 0.1) is 16.6 Å². The van der Waals surface area contributed by atoms with Gasteiger partial charge in [0, 0.05) is 12.5 Å². The topological polar surface area (TPSA) is 122 Å². The van der Waals surface area contributed by atoms with E-state index >= 15 is 0 Å². The van der Waals surface area contributed by atoms with E-state index in [4.69, 9.17) is 11.0 Å². The first-order chi connectivity index (χ1) is 8.97.